The van der Waals surface area contributed by atoms with Gasteiger partial charge in [0.25, 0.3) is 5.91 Å². The van der Waals surface area contributed by atoms with Crippen LogP contribution in [0.3, 0.4) is 0 Å². The number of Topliss-reactive ketones (excluding diaryl/α,β-unsaturated/α-hetero) is 1. The van der Waals surface area contributed by atoms with E-state index in [0.717, 1.165) is 9.75 Å². The van der Waals surface area contributed by atoms with Gasteiger partial charge in [0.15, 0.2) is 5.78 Å². The Morgan fingerprint density at radius 1 is 1.09 bits per heavy atom. The maximum Gasteiger partial charge on any atom is 0.250 e. The number of nitrogens with two attached hydrogens (primary N) is 1. The number of anilines is 1. The van der Waals surface area contributed by atoms with Gasteiger partial charge in [-0.15, -0.1) is 11.3 Å². The summed E-state index contributed by atoms with van der Waals surface area (Å²) in [5, 5.41) is 2.63. The van der Waals surface area contributed by atoms with Crippen LogP contribution in [0.1, 0.15) is 43.3 Å². The maximum absolute atomic E-state index is 12.2. The second-order valence-corrected chi connectivity index (χ2v) is 6.67. The van der Waals surface area contributed by atoms with E-state index < -0.39 is 5.91 Å². The van der Waals surface area contributed by atoms with Crippen molar-refractivity contribution in [1.29, 1.82) is 0 Å². The Bertz CT molecular complexity index is 765. The smallest absolute Gasteiger partial charge is 0.250 e. The van der Waals surface area contributed by atoms with E-state index in [4.69, 9.17) is 5.73 Å². The van der Waals surface area contributed by atoms with Crippen LogP contribution in [-0.4, -0.2) is 17.6 Å². The first-order valence-corrected chi connectivity index (χ1v) is 7.99. The fourth-order valence-corrected chi connectivity index (χ4v) is 3.23. The quantitative estimate of drug-likeness (QED) is 0.798. The van der Waals surface area contributed by atoms with Crippen molar-refractivity contribution in [3.05, 3.63) is 51.2 Å². The van der Waals surface area contributed by atoms with Crippen molar-refractivity contribution in [3.63, 3.8) is 0 Å². The molecule has 3 N–H and O–H groups in total. The van der Waals surface area contributed by atoms with Crippen molar-refractivity contribution in [2.24, 2.45) is 5.73 Å². The molecule has 1 heterocycles. The summed E-state index contributed by atoms with van der Waals surface area (Å²) < 4.78 is 0. The summed E-state index contributed by atoms with van der Waals surface area (Å²) in [6.45, 7) is 3.84. The molecule has 0 saturated heterocycles. The zero-order chi connectivity index (χ0) is 17.0. The van der Waals surface area contributed by atoms with E-state index in [2.05, 4.69) is 5.32 Å². The topological polar surface area (TPSA) is 89.3 Å². The van der Waals surface area contributed by atoms with Gasteiger partial charge < -0.3 is 11.1 Å². The van der Waals surface area contributed by atoms with E-state index in [1.54, 1.807) is 35.6 Å². The van der Waals surface area contributed by atoms with Crippen LogP contribution in [-0.2, 0) is 4.79 Å². The number of ketones is 1. The van der Waals surface area contributed by atoms with Gasteiger partial charge in [0.1, 0.15) is 0 Å². The molecule has 5 nitrogen and oxygen atoms in total. The SMILES string of the molecule is Cc1cc(C(=O)CCC(=O)Nc2ccccc2C(N)=O)c(C)s1. The van der Waals surface area contributed by atoms with Gasteiger partial charge in [0.05, 0.1) is 11.3 Å². The molecule has 0 aliphatic heterocycles. The van der Waals surface area contributed by atoms with E-state index in [9.17, 15) is 14.4 Å². The zero-order valence-electron chi connectivity index (χ0n) is 13.0. The number of rotatable bonds is 6. The van der Waals surface area contributed by atoms with Crippen LogP contribution in [0.15, 0.2) is 30.3 Å². The highest BCUT2D eigenvalue weighted by molar-refractivity contribution is 7.12. The van der Waals surface area contributed by atoms with Crippen molar-refractivity contribution < 1.29 is 14.4 Å². The number of amides is 2. The van der Waals surface area contributed by atoms with E-state index in [1.165, 1.54) is 0 Å². The normalized spacial score (nSPS) is 10.3. The Balaban J connectivity index is 1.97. The minimum atomic E-state index is -0.610. The lowest BCUT2D eigenvalue weighted by molar-refractivity contribution is -0.116. The molecule has 6 heteroatoms. The molecule has 0 aliphatic rings. The molecular weight excluding hydrogens is 312 g/mol. The van der Waals surface area contributed by atoms with Gasteiger partial charge in [-0.2, -0.15) is 0 Å². The summed E-state index contributed by atoms with van der Waals surface area (Å²) in [6.07, 6.45) is 0.182. The summed E-state index contributed by atoms with van der Waals surface area (Å²) in [4.78, 5) is 37.5. The number of nitrogens with one attached hydrogen (secondary N) is 1. The molecule has 1 aromatic carbocycles. The van der Waals surface area contributed by atoms with E-state index >= 15 is 0 Å². The Hall–Kier alpha value is -2.47. The van der Waals surface area contributed by atoms with Gasteiger partial charge >= 0.3 is 0 Å². The molecule has 2 aromatic rings. The van der Waals surface area contributed by atoms with Crippen LogP contribution in [0.5, 0.6) is 0 Å². The minimum Gasteiger partial charge on any atom is -0.366 e. The van der Waals surface area contributed by atoms with Crippen molar-refractivity contribution in [2.45, 2.75) is 26.7 Å². The zero-order valence-corrected chi connectivity index (χ0v) is 13.8. The van der Waals surface area contributed by atoms with E-state index in [0.29, 0.717) is 11.3 Å². The van der Waals surface area contributed by atoms with E-state index in [-0.39, 0.29) is 30.1 Å². The summed E-state index contributed by atoms with van der Waals surface area (Å²) >= 11 is 1.57. The molecule has 0 bridgehead atoms. The number of carbonyl (C=O) groups excluding carboxylic acids is 3. The van der Waals surface area contributed by atoms with Crippen LogP contribution in [0.2, 0.25) is 0 Å². The van der Waals surface area contributed by atoms with E-state index in [1.807, 2.05) is 19.9 Å². The van der Waals surface area contributed by atoms with Gasteiger partial charge in [-0.25, -0.2) is 0 Å². The van der Waals surface area contributed by atoms with Gasteiger partial charge in [-0.3, -0.25) is 14.4 Å². The summed E-state index contributed by atoms with van der Waals surface area (Å²) in [5.41, 5.74) is 6.55. The molecule has 0 saturated carbocycles. The van der Waals surface area contributed by atoms with Gasteiger partial charge in [0, 0.05) is 28.2 Å². The molecule has 0 aliphatic carbocycles. The average Bonchev–Trinajstić information content (AvgIpc) is 2.84. The van der Waals surface area contributed by atoms with Crippen LogP contribution in [0, 0.1) is 13.8 Å². The molecule has 0 radical (unpaired) electrons. The highest BCUT2D eigenvalue weighted by atomic mass is 32.1. The average molecular weight is 330 g/mol. The number of para-hydroxylation sites is 1. The molecule has 2 amide bonds. The Morgan fingerprint density at radius 2 is 1.78 bits per heavy atom. The molecule has 0 atom stereocenters. The van der Waals surface area contributed by atoms with Crippen LogP contribution in [0.4, 0.5) is 5.69 Å². The van der Waals surface area contributed by atoms with Crippen molar-refractivity contribution in [2.75, 3.05) is 5.32 Å². The molecule has 0 fully saturated rings. The lowest BCUT2D eigenvalue weighted by atomic mass is 10.1. The van der Waals surface area contributed by atoms with Crippen LogP contribution in [0.25, 0.3) is 0 Å². The highest BCUT2D eigenvalue weighted by Crippen LogP contribution is 2.22. The number of benzene rings is 1. The fourth-order valence-electron chi connectivity index (χ4n) is 2.29. The monoisotopic (exact) mass is 330 g/mol. The molecule has 1 aromatic heterocycles. The third kappa shape index (κ3) is 4.26. The van der Waals surface area contributed by atoms with Gasteiger partial charge in [-0.1, -0.05) is 12.1 Å². The second-order valence-electron chi connectivity index (χ2n) is 5.21. The lowest BCUT2D eigenvalue weighted by Gasteiger charge is -2.08. The Morgan fingerprint density at radius 3 is 2.39 bits per heavy atom. The largest absolute Gasteiger partial charge is 0.366 e. The molecule has 2 rings (SSSR count). The predicted molar refractivity (Wildman–Crippen MR) is 90.9 cm³/mol. The highest BCUT2D eigenvalue weighted by Gasteiger charge is 2.15. The Kier molecular flexibility index (Phi) is 5.28. The third-order valence-electron chi connectivity index (χ3n) is 3.39. The van der Waals surface area contributed by atoms with Crippen LogP contribution < -0.4 is 11.1 Å². The predicted octanol–water partition coefficient (Wildman–Crippen LogP) is 3.07. The molecule has 0 unspecified atom stereocenters. The van der Waals surface area contributed by atoms with Crippen molar-refractivity contribution in [3.8, 4) is 0 Å². The second kappa shape index (κ2) is 7.19. The summed E-state index contributed by atoms with van der Waals surface area (Å²) in [5.74, 6) is -0.983. The number of primary amides is 1. The molecule has 120 valence electrons. The number of aryl methyl sites for hydroxylation is 2. The minimum absolute atomic E-state index is 0.0508. The maximum atomic E-state index is 12.2. The number of carbonyl (C=O) groups is 3. The first-order chi connectivity index (χ1) is 10.9. The molecule has 23 heavy (non-hydrogen) atoms. The fraction of sp³-hybridized carbons (Fsp3) is 0.235. The first kappa shape index (κ1) is 16.9. The summed E-state index contributed by atoms with van der Waals surface area (Å²) in [7, 11) is 0. The third-order valence-corrected chi connectivity index (χ3v) is 4.35. The number of hydrogen-bond donors (Lipinski definition) is 2. The molecular formula is C17H18N2O3S. The molecule has 0 spiro atoms. The first-order valence-electron chi connectivity index (χ1n) is 7.17. The number of thiophene rings is 1. The van der Waals surface area contributed by atoms with Crippen molar-refractivity contribution >= 4 is 34.6 Å². The standard InChI is InChI=1S/C17H18N2O3S/c1-10-9-13(11(2)23-10)15(20)7-8-16(21)19-14-6-4-3-5-12(14)17(18)22/h3-6,9H,7-8H2,1-2H3,(H2,18,22)(H,19,21). The Labute approximate surface area is 138 Å². The van der Waals surface area contributed by atoms with Gasteiger partial charge in [-0.05, 0) is 32.0 Å². The van der Waals surface area contributed by atoms with Gasteiger partial charge in [0.2, 0.25) is 5.91 Å². The van der Waals surface area contributed by atoms with Crippen molar-refractivity contribution in [1.82, 2.24) is 0 Å². The lowest BCUT2D eigenvalue weighted by Crippen LogP contribution is -2.18. The summed E-state index contributed by atoms with van der Waals surface area (Å²) in [6, 6.07) is 8.36. The van der Waals surface area contributed by atoms with Crippen LogP contribution >= 0.6 is 11.3 Å². The number of hydrogen-bond acceptors (Lipinski definition) is 4.